The minimum Gasteiger partial charge on any atom is -0.506 e. The second kappa shape index (κ2) is 18.1. The Morgan fingerprint density at radius 1 is 1.08 bits per heavy atom. The number of rotatable bonds is 18. The highest BCUT2D eigenvalue weighted by Crippen LogP contribution is 2.29. The number of anilines is 1. The number of hydrogen-bond donors (Lipinski definition) is 5. The van der Waals surface area contributed by atoms with Crippen LogP contribution >= 0.6 is 11.3 Å². The SMILES string of the molecule is Cc1nc(CN2CCN([C@H](C(=O)N[C@@H](Cc3ccccc3)[C@H](O)CN(CC(C)C)S(=O)(=O)c3ccc(O)c(NC(=O)CCN)c3)C(C)C)C2=O)cs1. The van der Waals surface area contributed by atoms with Crippen molar-refractivity contribution >= 4 is 44.9 Å². The third kappa shape index (κ3) is 10.5. The monoisotopic (exact) mass is 757 g/mol. The van der Waals surface area contributed by atoms with E-state index >= 15 is 0 Å². The number of thiazole rings is 1. The van der Waals surface area contributed by atoms with Crippen LogP contribution in [-0.2, 0) is 32.6 Å². The van der Waals surface area contributed by atoms with Crippen LogP contribution in [0, 0.1) is 18.8 Å². The smallest absolute Gasteiger partial charge is 0.321 e. The zero-order chi connectivity index (χ0) is 38.2. The first kappa shape index (κ1) is 40.7. The number of aromatic nitrogens is 1. The lowest BCUT2D eigenvalue weighted by atomic mass is 9.97. The Hall–Kier alpha value is -4.09. The number of phenols is 1. The first-order valence-electron chi connectivity index (χ1n) is 17.4. The molecule has 6 N–H and O–H groups in total. The zero-order valence-electron chi connectivity index (χ0n) is 30.4. The van der Waals surface area contributed by atoms with Gasteiger partial charge in [-0.2, -0.15) is 4.31 Å². The van der Waals surface area contributed by atoms with Gasteiger partial charge in [0.05, 0.1) is 40.0 Å². The van der Waals surface area contributed by atoms with Crippen LogP contribution in [0.3, 0.4) is 0 Å². The molecule has 14 nitrogen and oxygen atoms in total. The number of phenolic OH excluding ortho intramolecular Hbond substituents is 1. The second-order valence-corrected chi connectivity index (χ2v) is 16.8. The summed E-state index contributed by atoms with van der Waals surface area (Å²) in [5.41, 5.74) is 6.97. The van der Waals surface area contributed by atoms with E-state index in [9.17, 15) is 33.0 Å². The molecule has 0 bridgehead atoms. The van der Waals surface area contributed by atoms with Gasteiger partial charge in [0.25, 0.3) is 0 Å². The van der Waals surface area contributed by atoms with Crippen molar-refractivity contribution in [3.05, 3.63) is 70.2 Å². The molecule has 1 saturated heterocycles. The summed E-state index contributed by atoms with van der Waals surface area (Å²) < 4.78 is 29.4. The highest BCUT2D eigenvalue weighted by Gasteiger charge is 2.40. The van der Waals surface area contributed by atoms with Crippen molar-refractivity contribution in [2.45, 2.75) is 77.1 Å². The van der Waals surface area contributed by atoms with Gasteiger partial charge in [0.2, 0.25) is 21.8 Å². The molecular weight excluding hydrogens is 707 g/mol. The molecule has 0 saturated carbocycles. The number of amides is 4. The summed E-state index contributed by atoms with van der Waals surface area (Å²) in [5.74, 6) is -1.68. The number of hydrogen-bond acceptors (Lipinski definition) is 10. The lowest BCUT2D eigenvalue weighted by molar-refractivity contribution is -0.128. The number of carbonyl (C=O) groups is 3. The molecular formula is C36H51N7O7S2. The third-order valence-electron chi connectivity index (χ3n) is 8.68. The van der Waals surface area contributed by atoms with Crippen molar-refractivity contribution in [1.29, 1.82) is 0 Å². The van der Waals surface area contributed by atoms with Crippen LogP contribution in [0.5, 0.6) is 5.75 Å². The Balaban J connectivity index is 1.59. The Bertz CT molecular complexity index is 1790. The van der Waals surface area contributed by atoms with Gasteiger partial charge in [-0.1, -0.05) is 58.0 Å². The van der Waals surface area contributed by atoms with Crippen molar-refractivity contribution in [3.63, 3.8) is 0 Å². The van der Waals surface area contributed by atoms with E-state index < -0.39 is 40.0 Å². The van der Waals surface area contributed by atoms with E-state index in [-0.39, 0.29) is 66.7 Å². The number of nitrogens with two attached hydrogens (primary N) is 1. The van der Waals surface area contributed by atoms with E-state index in [0.29, 0.717) is 19.6 Å². The third-order valence-corrected chi connectivity index (χ3v) is 11.3. The lowest BCUT2D eigenvalue weighted by Gasteiger charge is -2.34. The van der Waals surface area contributed by atoms with Crippen LogP contribution in [-0.4, -0.2) is 106 Å². The maximum absolute atomic E-state index is 14.1. The number of urea groups is 1. The fourth-order valence-electron chi connectivity index (χ4n) is 6.19. The molecule has 0 spiro atoms. The molecule has 3 aromatic rings. The molecule has 3 atom stereocenters. The second-order valence-electron chi connectivity index (χ2n) is 13.8. The summed E-state index contributed by atoms with van der Waals surface area (Å²) in [6.07, 6.45) is -1.21. The minimum atomic E-state index is -4.28. The largest absolute Gasteiger partial charge is 0.506 e. The van der Waals surface area contributed by atoms with Gasteiger partial charge < -0.3 is 36.4 Å². The first-order chi connectivity index (χ1) is 24.6. The Labute approximate surface area is 310 Å². The molecule has 1 aromatic heterocycles. The number of aliphatic hydroxyl groups excluding tert-OH is 1. The van der Waals surface area contributed by atoms with Gasteiger partial charge in [-0.15, -0.1) is 11.3 Å². The number of nitrogens with one attached hydrogen (secondary N) is 2. The van der Waals surface area contributed by atoms with Gasteiger partial charge in [-0.3, -0.25) is 9.59 Å². The molecule has 2 aromatic carbocycles. The average molecular weight is 758 g/mol. The molecule has 1 aliphatic rings. The molecule has 52 heavy (non-hydrogen) atoms. The summed E-state index contributed by atoms with van der Waals surface area (Å²) in [5, 5.41) is 30.4. The van der Waals surface area contributed by atoms with Crippen LogP contribution < -0.4 is 16.4 Å². The number of benzene rings is 2. The summed E-state index contributed by atoms with van der Waals surface area (Å²) in [4.78, 5) is 47.4. The van der Waals surface area contributed by atoms with Crippen LogP contribution in [0.1, 0.15) is 50.4 Å². The Morgan fingerprint density at radius 3 is 2.40 bits per heavy atom. The van der Waals surface area contributed by atoms with Crippen LogP contribution in [0.4, 0.5) is 10.5 Å². The van der Waals surface area contributed by atoms with Gasteiger partial charge in [0, 0.05) is 44.5 Å². The van der Waals surface area contributed by atoms with Crippen molar-refractivity contribution in [3.8, 4) is 5.75 Å². The number of nitrogens with zero attached hydrogens (tertiary/aromatic N) is 4. The van der Waals surface area contributed by atoms with Gasteiger partial charge in [-0.25, -0.2) is 18.2 Å². The molecule has 4 amide bonds. The molecule has 284 valence electrons. The van der Waals surface area contributed by atoms with Crippen LogP contribution in [0.15, 0.2) is 58.8 Å². The summed E-state index contributed by atoms with van der Waals surface area (Å²) in [7, 11) is -4.28. The van der Waals surface area contributed by atoms with E-state index in [1.54, 1.807) is 9.80 Å². The molecule has 0 radical (unpaired) electrons. The van der Waals surface area contributed by atoms with Crippen molar-refractivity contribution < 1.29 is 33.0 Å². The van der Waals surface area contributed by atoms with E-state index in [0.717, 1.165) is 20.6 Å². The molecule has 0 unspecified atom stereocenters. The predicted molar refractivity (Wildman–Crippen MR) is 200 cm³/mol. The number of aryl methyl sites for hydroxylation is 1. The van der Waals surface area contributed by atoms with Crippen molar-refractivity contribution in [2.24, 2.45) is 17.6 Å². The maximum Gasteiger partial charge on any atom is 0.321 e. The molecule has 4 rings (SSSR count). The summed E-state index contributed by atoms with van der Waals surface area (Å²) >= 11 is 1.51. The van der Waals surface area contributed by atoms with Gasteiger partial charge >= 0.3 is 6.03 Å². The highest BCUT2D eigenvalue weighted by molar-refractivity contribution is 7.89. The zero-order valence-corrected chi connectivity index (χ0v) is 32.0. The number of sulfonamides is 1. The van der Waals surface area contributed by atoms with E-state index in [1.165, 1.54) is 29.5 Å². The standard InChI is InChI=1S/C36H51N7O7S2/c1-23(2)19-42(52(49,50)28-11-12-31(44)30(18-28)39-33(46)13-14-37)21-32(45)29(17-26-9-7-6-8-10-26)40-35(47)34(24(3)4)43-16-15-41(36(43)48)20-27-22-51-25(5)38-27/h6-12,18,22-24,29,32,34,44-45H,13-17,19-21,37H2,1-5H3,(H,39,46)(H,40,47)/t29-,32+,34-/m0/s1. The van der Waals surface area contributed by atoms with Gasteiger partial charge in [-0.05, 0) is 48.9 Å². The quantitative estimate of drug-likeness (QED) is 0.121. The normalized spacial score (nSPS) is 15.4. The van der Waals surface area contributed by atoms with Gasteiger partial charge in [0.1, 0.15) is 11.8 Å². The average Bonchev–Trinajstić information content (AvgIpc) is 3.65. The summed E-state index contributed by atoms with van der Waals surface area (Å²) in [6.45, 7) is 10.1. The van der Waals surface area contributed by atoms with E-state index in [1.807, 2.05) is 70.3 Å². The van der Waals surface area contributed by atoms with Crippen LogP contribution in [0.2, 0.25) is 0 Å². The highest BCUT2D eigenvalue weighted by atomic mass is 32.2. The summed E-state index contributed by atoms with van der Waals surface area (Å²) in [6, 6.07) is 10.7. The lowest BCUT2D eigenvalue weighted by Crippen LogP contribution is -2.57. The number of aromatic hydroxyl groups is 1. The number of aliphatic hydroxyl groups is 1. The Kier molecular flexibility index (Phi) is 14.2. The number of carbonyl (C=O) groups excluding carboxylic acids is 3. The van der Waals surface area contributed by atoms with Crippen LogP contribution in [0.25, 0.3) is 0 Å². The topological polar surface area (TPSA) is 198 Å². The van der Waals surface area contributed by atoms with Crippen molar-refractivity contribution in [2.75, 3.05) is 38.0 Å². The molecule has 0 aliphatic carbocycles. The fourth-order valence-corrected chi connectivity index (χ4v) is 8.44. The molecule has 1 fully saturated rings. The molecule has 16 heteroatoms. The molecule has 1 aliphatic heterocycles. The van der Waals surface area contributed by atoms with Crippen molar-refractivity contribution in [1.82, 2.24) is 24.4 Å². The minimum absolute atomic E-state index is 0.0231. The molecule has 2 heterocycles. The Morgan fingerprint density at radius 2 is 1.79 bits per heavy atom. The van der Waals surface area contributed by atoms with E-state index in [2.05, 4.69) is 15.6 Å². The first-order valence-corrected chi connectivity index (χ1v) is 19.7. The predicted octanol–water partition coefficient (Wildman–Crippen LogP) is 3.14. The fraction of sp³-hybridized carbons (Fsp3) is 0.500. The van der Waals surface area contributed by atoms with Gasteiger partial charge in [0.15, 0.2) is 0 Å². The van der Waals surface area contributed by atoms with E-state index in [4.69, 9.17) is 5.73 Å². The maximum atomic E-state index is 14.1.